The first-order valence-electron chi connectivity index (χ1n) is 3.83. The molecule has 1 aromatic heterocycles. The largest absolute Gasteiger partial charge is 0.598 e. The van der Waals surface area contributed by atoms with Gasteiger partial charge in [0.15, 0.2) is 5.75 Å². The van der Waals surface area contributed by atoms with Gasteiger partial charge in [0.05, 0.1) is 5.69 Å². The molecule has 0 saturated heterocycles. The van der Waals surface area contributed by atoms with Crippen molar-refractivity contribution in [1.29, 1.82) is 0 Å². The zero-order valence-electron chi connectivity index (χ0n) is 7.30. The number of aromatic nitrogens is 1. The number of aliphatic hydroxyl groups excluding tert-OH is 1. The molecule has 0 bridgehead atoms. The second-order valence-corrected chi connectivity index (χ2v) is 3.92. The van der Waals surface area contributed by atoms with Gasteiger partial charge < -0.3 is 9.66 Å². The number of hydrogen-bond donors (Lipinski definition) is 2. The lowest BCUT2D eigenvalue weighted by atomic mass is 10.2. The number of nitrogens with two attached hydrogens (primary N) is 1. The Morgan fingerprint density at radius 2 is 2.38 bits per heavy atom. The van der Waals surface area contributed by atoms with Gasteiger partial charge in [0.1, 0.15) is 6.10 Å². The third-order valence-electron chi connectivity index (χ3n) is 1.60. The van der Waals surface area contributed by atoms with Gasteiger partial charge in [-0.3, -0.25) is 4.98 Å². The van der Waals surface area contributed by atoms with Gasteiger partial charge in [0.2, 0.25) is 0 Å². The van der Waals surface area contributed by atoms with Gasteiger partial charge in [-0.05, 0) is 18.6 Å². The summed E-state index contributed by atoms with van der Waals surface area (Å²) in [5.74, 6) is 0.0239. The quantitative estimate of drug-likeness (QED) is 0.675. The minimum Gasteiger partial charge on any atom is -0.598 e. The molecule has 0 radical (unpaired) electrons. The summed E-state index contributed by atoms with van der Waals surface area (Å²) < 4.78 is 10.6. The van der Waals surface area contributed by atoms with Crippen molar-refractivity contribution in [3.63, 3.8) is 0 Å². The van der Waals surface area contributed by atoms with Crippen molar-refractivity contribution in [3.05, 3.63) is 29.6 Å². The van der Waals surface area contributed by atoms with E-state index in [1.165, 1.54) is 0 Å². The molecule has 0 saturated carbocycles. The Labute approximate surface area is 80.1 Å². The number of rotatable bonds is 3. The summed E-state index contributed by atoms with van der Waals surface area (Å²) in [6.45, 7) is 1.91. The summed E-state index contributed by atoms with van der Waals surface area (Å²) in [4.78, 5) is 3.99. The van der Waals surface area contributed by atoms with Crippen LogP contribution in [-0.2, 0) is 11.4 Å². The molecule has 4 nitrogen and oxygen atoms in total. The van der Waals surface area contributed by atoms with Gasteiger partial charge in [-0.25, -0.2) is 0 Å². The Bertz CT molecular complexity index is 263. The maximum atomic E-state index is 10.6. The van der Waals surface area contributed by atoms with Gasteiger partial charge in [0.25, 0.3) is 0 Å². The molecule has 1 heterocycles. The van der Waals surface area contributed by atoms with E-state index in [9.17, 15) is 9.66 Å². The third-order valence-corrected chi connectivity index (χ3v) is 2.24. The van der Waals surface area contributed by atoms with Crippen molar-refractivity contribution in [3.8, 4) is 0 Å². The number of aryl methyl sites for hydroxylation is 1. The van der Waals surface area contributed by atoms with Gasteiger partial charge in [0, 0.05) is 17.6 Å². The maximum absolute atomic E-state index is 10.6. The predicted octanol–water partition coefficient (Wildman–Crippen LogP) is 0.0458. The van der Waals surface area contributed by atoms with Crippen molar-refractivity contribution >= 4 is 11.4 Å². The van der Waals surface area contributed by atoms with Crippen molar-refractivity contribution in [2.75, 3.05) is 5.75 Å². The summed E-state index contributed by atoms with van der Waals surface area (Å²) in [6, 6.07) is 3.54. The summed E-state index contributed by atoms with van der Waals surface area (Å²) in [7, 11) is 0. The van der Waals surface area contributed by atoms with Crippen LogP contribution in [0.25, 0.3) is 0 Å². The molecule has 0 spiro atoms. The Morgan fingerprint density at radius 3 is 2.85 bits per heavy atom. The highest BCUT2D eigenvalue weighted by molar-refractivity contribution is 7.89. The monoisotopic (exact) mass is 200 g/mol. The summed E-state index contributed by atoms with van der Waals surface area (Å²) in [6.07, 6.45) is 0.810. The molecule has 0 amide bonds. The topological polar surface area (TPSA) is 82.2 Å². The van der Waals surface area contributed by atoms with E-state index in [0.29, 0.717) is 5.69 Å². The first-order chi connectivity index (χ1) is 6.09. The maximum Gasteiger partial charge on any atom is 0.156 e. The highest BCUT2D eigenvalue weighted by atomic mass is 32.2. The Morgan fingerprint density at radius 1 is 1.69 bits per heavy atom. The second kappa shape index (κ2) is 4.57. The van der Waals surface area contributed by atoms with Crippen LogP contribution in [0.1, 0.15) is 17.4 Å². The molecule has 1 aromatic rings. The van der Waals surface area contributed by atoms with E-state index in [4.69, 9.17) is 5.14 Å². The average Bonchev–Trinajstić information content (AvgIpc) is 2.04. The number of hydrogen-bond acceptors (Lipinski definition) is 4. The molecule has 72 valence electrons. The van der Waals surface area contributed by atoms with Gasteiger partial charge in [-0.1, -0.05) is 6.07 Å². The summed E-state index contributed by atoms with van der Waals surface area (Å²) in [5.41, 5.74) is 1.52. The van der Waals surface area contributed by atoms with E-state index in [1.807, 2.05) is 13.0 Å². The molecule has 13 heavy (non-hydrogen) atoms. The van der Waals surface area contributed by atoms with Crippen LogP contribution in [0.3, 0.4) is 0 Å². The molecule has 0 aliphatic rings. The fourth-order valence-corrected chi connectivity index (χ4v) is 1.40. The number of nitrogens with zero attached hydrogens (tertiary/aromatic N) is 1. The Balaban J connectivity index is 2.66. The highest BCUT2D eigenvalue weighted by Crippen LogP contribution is 2.11. The van der Waals surface area contributed by atoms with E-state index in [0.717, 1.165) is 5.56 Å². The normalized spacial score (nSPS) is 15.4. The fraction of sp³-hybridized carbons (Fsp3) is 0.375. The molecule has 0 fully saturated rings. The van der Waals surface area contributed by atoms with Crippen LogP contribution in [-0.4, -0.2) is 20.4 Å². The summed E-state index contributed by atoms with van der Waals surface area (Å²) >= 11 is -1.49. The minimum absolute atomic E-state index is 0.0239. The van der Waals surface area contributed by atoms with E-state index in [2.05, 4.69) is 4.98 Å². The summed E-state index contributed by atoms with van der Waals surface area (Å²) in [5, 5.41) is 14.5. The standard InChI is InChI=1S/C8H12N2O2S/c1-6-2-3-7(10-4-6)8(11)5-13(9)12/h2-4,8,11H,5,9H2,1H3. The first-order valence-corrected chi connectivity index (χ1v) is 5.21. The second-order valence-electron chi connectivity index (χ2n) is 2.82. The molecule has 2 unspecified atom stereocenters. The number of pyridine rings is 1. The van der Waals surface area contributed by atoms with E-state index in [-0.39, 0.29) is 5.75 Å². The molecule has 5 heteroatoms. The van der Waals surface area contributed by atoms with Crippen LogP contribution in [0.2, 0.25) is 0 Å². The van der Waals surface area contributed by atoms with Crippen LogP contribution >= 0.6 is 0 Å². The lowest BCUT2D eigenvalue weighted by Gasteiger charge is -2.09. The average molecular weight is 200 g/mol. The van der Waals surface area contributed by atoms with Crippen LogP contribution in [0, 0.1) is 6.92 Å². The molecule has 2 atom stereocenters. The van der Waals surface area contributed by atoms with Crippen molar-refractivity contribution in [2.24, 2.45) is 5.14 Å². The van der Waals surface area contributed by atoms with Gasteiger partial charge >= 0.3 is 0 Å². The molecular weight excluding hydrogens is 188 g/mol. The van der Waals surface area contributed by atoms with Crippen molar-refractivity contribution in [1.82, 2.24) is 4.98 Å². The Hall–Kier alpha value is -0.620. The SMILES string of the molecule is Cc1ccc(C(O)C[S+](N)[O-])nc1. The minimum atomic E-state index is -1.49. The van der Waals surface area contributed by atoms with Crippen LogP contribution < -0.4 is 5.14 Å². The van der Waals surface area contributed by atoms with Gasteiger partial charge in [-0.15, -0.1) is 0 Å². The van der Waals surface area contributed by atoms with Crippen molar-refractivity contribution in [2.45, 2.75) is 13.0 Å². The zero-order valence-corrected chi connectivity index (χ0v) is 8.12. The van der Waals surface area contributed by atoms with E-state index >= 15 is 0 Å². The van der Waals surface area contributed by atoms with Gasteiger partial charge in [-0.2, -0.15) is 5.14 Å². The molecule has 0 aromatic carbocycles. The van der Waals surface area contributed by atoms with Crippen LogP contribution in [0.5, 0.6) is 0 Å². The van der Waals surface area contributed by atoms with E-state index < -0.39 is 17.5 Å². The highest BCUT2D eigenvalue weighted by Gasteiger charge is 2.14. The Kier molecular flexibility index (Phi) is 3.68. The number of aliphatic hydroxyl groups is 1. The molecule has 3 N–H and O–H groups in total. The van der Waals surface area contributed by atoms with Crippen LogP contribution in [0.15, 0.2) is 18.3 Å². The predicted molar refractivity (Wildman–Crippen MR) is 51.1 cm³/mol. The molecule has 1 rings (SSSR count). The fourth-order valence-electron chi connectivity index (χ4n) is 0.917. The molecule has 0 aliphatic carbocycles. The first kappa shape index (κ1) is 10.5. The molecule has 0 aliphatic heterocycles. The zero-order chi connectivity index (χ0) is 9.84. The molecular formula is C8H12N2O2S. The van der Waals surface area contributed by atoms with Crippen LogP contribution in [0.4, 0.5) is 0 Å². The lowest BCUT2D eigenvalue weighted by molar-refractivity contribution is 0.196. The van der Waals surface area contributed by atoms with E-state index in [1.54, 1.807) is 12.3 Å². The third kappa shape index (κ3) is 3.31. The lowest BCUT2D eigenvalue weighted by Crippen LogP contribution is -2.22. The smallest absolute Gasteiger partial charge is 0.156 e. The van der Waals surface area contributed by atoms with Crippen molar-refractivity contribution < 1.29 is 9.66 Å².